The van der Waals surface area contributed by atoms with Gasteiger partial charge in [-0.3, -0.25) is 9.69 Å². The van der Waals surface area contributed by atoms with Crippen molar-refractivity contribution in [3.8, 4) is 0 Å². The Hall–Kier alpha value is -1.91. The van der Waals surface area contributed by atoms with Gasteiger partial charge in [-0.1, -0.05) is 42.5 Å². The molecule has 0 aromatic heterocycles. The summed E-state index contributed by atoms with van der Waals surface area (Å²) in [5.74, 6) is -0.737. The van der Waals surface area contributed by atoms with Crippen LogP contribution in [0.15, 0.2) is 42.5 Å². The minimum absolute atomic E-state index is 0.317. The van der Waals surface area contributed by atoms with Crippen LogP contribution in [0.3, 0.4) is 0 Å². The Morgan fingerprint density at radius 1 is 1.17 bits per heavy atom. The summed E-state index contributed by atoms with van der Waals surface area (Å²) < 4.78 is 0. The van der Waals surface area contributed by atoms with Crippen LogP contribution in [0.5, 0.6) is 0 Å². The van der Waals surface area contributed by atoms with Crippen LogP contribution in [0.25, 0.3) is 10.8 Å². The second kappa shape index (κ2) is 6.69. The Morgan fingerprint density at radius 2 is 1.83 bits per heavy atom. The molecule has 0 radical (unpaired) electrons. The van der Waals surface area contributed by atoms with Gasteiger partial charge in [0, 0.05) is 25.2 Å². The van der Waals surface area contributed by atoms with Crippen molar-refractivity contribution in [3.63, 3.8) is 0 Å². The van der Waals surface area contributed by atoms with Gasteiger partial charge < -0.3 is 10.4 Å². The molecule has 1 saturated heterocycles. The van der Waals surface area contributed by atoms with Crippen LogP contribution in [0.2, 0.25) is 0 Å². The average molecular weight is 312 g/mol. The van der Waals surface area contributed by atoms with Crippen LogP contribution < -0.4 is 5.32 Å². The number of nitrogens with zero attached hydrogens (tertiary/aromatic N) is 1. The van der Waals surface area contributed by atoms with Gasteiger partial charge >= 0.3 is 5.97 Å². The molecule has 1 fully saturated rings. The SMILES string of the molecule is C[C@@H]1CN([C@@H](Cc2ccc3ccccc3c2)C(=O)O)C[C@H](C)N1. The Morgan fingerprint density at radius 3 is 2.48 bits per heavy atom. The molecule has 0 aliphatic carbocycles. The van der Waals surface area contributed by atoms with Crippen molar-refractivity contribution < 1.29 is 9.90 Å². The number of piperazine rings is 1. The van der Waals surface area contributed by atoms with Crippen molar-refractivity contribution >= 4 is 16.7 Å². The number of fused-ring (bicyclic) bond motifs is 1. The quantitative estimate of drug-likeness (QED) is 0.911. The van der Waals surface area contributed by atoms with E-state index in [0.29, 0.717) is 18.5 Å². The van der Waals surface area contributed by atoms with Crippen LogP contribution in [0.4, 0.5) is 0 Å². The topological polar surface area (TPSA) is 52.6 Å². The second-order valence-corrected chi connectivity index (χ2v) is 6.66. The van der Waals surface area contributed by atoms with E-state index in [1.54, 1.807) is 0 Å². The zero-order chi connectivity index (χ0) is 16.4. The second-order valence-electron chi connectivity index (χ2n) is 6.66. The van der Waals surface area contributed by atoms with Gasteiger partial charge in [-0.05, 0) is 36.6 Å². The third-order valence-corrected chi connectivity index (χ3v) is 4.55. The molecule has 0 bridgehead atoms. The molecule has 0 spiro atoms. The lowest BCUT2D eigenvalue weighted by Gasteiger charge is -2.39. The number of hydrogen-bond donors (Lipinski definition) is 2. The first-order valence-corrected chi connectivity index (χ1v) is 8.23. The molecule has 3 atom stereocenters. The highest BCUT2D eigenvalue weighted by molar-refractivity contribution is 5.83. The molecule has 1 heterocycles. The largest absolute Gasteiger partial charge is 0.480 e. The number of carboxylic acids is 1. The third-order valence-electron chi connectivity index (χ3n) is 4.55. The van der Waals surface area contributed by atoms with E-state index >= 15 is 0 Å². The monoisotopic (exact) mass is 312 g/mol. The van der Waals surface area contributed by atoms with Gasteiger partial charge in [-0.15, -0.1) is 0 Å². The van der Waals surface area contributed by atoms with Crippen LogP contribution in [-0.4, -0.2) is 47.2 Å². The highest BCUT2D eigenvalue weighted by Crippen LogP contribution is 2.19. The van der Waals surface area contributed by atoms with E-state index in [9.17, 15) is 9.90 Å². The fourth-order valence-corrected chi connectivity index (χ4v) is 3.59. The van der Waals surface area contributed by atoms with Crippen molar-refractivity contribution in [1.82, 2.24) is 10.2 Å². The molecule has 3 rings (SSSR count). The molecule has 4 heteroatoms. The van der Waals surface area contributed by atoms with E-state index < -0.39 is 12.0 Å². The molecule has 2 N–H and O–H groups in total. The van der Waals surface area contributed by atoms with Crippen LogP contribution in [0, 0.1) is 0 Å². The van der Waals surface area contributed by atoms with Crippen molar-refractivity contribution in [1.29, 1.82) is 0 Å². The van der Waals surface area contributed by atoms with Crippen LogP contribution in [0.1, 0.15) is 19.4 Å². The van der Waals surface area contributed by atoms with E-state index in [4.69, 9.17) is 0 Å². The molecular weight excluding hydrogens is 288 g/mol. The first-order valence-electron chi connectivity index (χ1n) is 8.23. The number of carboxylic acid groups (broad SMARTS) is 1. The standard InChI is InChI=1S/C19H24N2O2/c1-13-11-21(12-14(2)20-13)18(19(22)23)10-15-7-8-16-5-3-4-6-17(16)9-15/h3-9,13-14,18,20H,10-12H2,1-2H3,(H,22,23)/t13-,14+,18-/m0/s1. The minimum Gasteiger partial charge on any atom is -0.480 e. The summed E-state index contributed by atoms with van der Waals surface area (Å²) in [6.07, 6.45) is 0.541. The van der Waals surface area contributed by atoms with Crippen molar-refractivity contribution in [2.24, 2.45) is 0 Å². The third kappa shape index (κ3) is 3.71. The smallest absolute Gasteiger partial charge is 0.321 e. The molecule has 0 amide bonds. The fourth-order valence-electron chi connectivity index (χ4n) is 3.59. The van der Waals surface area contributed by atoms with Crippen molar-refractivity contribution in [2.75, 3.05) is 13.1 Å². The van der Waals surface area contributed by atoms with E-state index in [-0.39, 0.29) is 0 Å². The summed E-state index contributed by atoms with van der Waals surface area (Å²) in [4.78, 5) is 13.9. The van der Waals surface area contributed by atoms with Gasteiger partial charge in [0.25, 0.3) is 0 Å². The van der Waals surface area contributed by atoms with Crippen LogP contribution in [-0.2, 0) is 11.2 Å². The van der Waals surface area contributed by atoms with Crippen LogP contribution >= 0.6 is 0 Å². The zero-order valence-electron chi connectivity index (χ0n) is 13.7. The van der Waals surface area contributed by atoms with E-state index in [2.05, 4.69) is 48.3 Å². The molecule has 122 valence electrons. The number of benzene rings is 2. The van der Waals surface area contributed by atoms with E-state index in [1.807, 2.05) is 18.2 Å². The summed E-state index contributed by atoms with van der Waals surface area (Å²) in [5, 5.41) is 15.5. The summed E-state index contributed by atoms with van der Waals surface area (Å²) in [6.45, 7) is 5.76. The Bertz CT molecular complexity index is 691. The highest BCUT2D eigenvalue weighted by Gasteiger charge is 2.31. The Balaban J connectivity index is 1.82. The number of carbonyl (C=O) groups is 1. The summed E-state index contributed by atoms with van der Waals surface area (Å²) in [5.41, 5.74) is 1.08. The maximum absolute atomic E-state index is 11.8. The molecule has 0 saturated carbocycles. The molecule has 4 nitrogen and oxygen atoms in total. The molecular formula is C19H24N2O2. The Labute approximate surface area is 137 Å². The number of rotatable bonds is 4. The lowest BCUT2D eigenvalue weighted by molar-refractivity contribution is -0.144. The van der Waals surface area contributed by atoms with E-state index in [1.165, 1.54) is 5.39 Å². The van der Waals surface area contributed by atoms with Gasteiger partial charge in [0.15, 0.2) is 0 Å². The molecule has 0 unspecified atom stereocenters. The fraction of sp³-hybridized carbons (Fsp3) is 0.421. The van der Waals surface area contributed by atoms with Gasteiger partial charge in [-0.2, -0.15) is 0 Å². The molecule has 1 aliphatic heterocycles. The minimum atomic E-state index is -0.737. The molecule has 1 aliphatic rings. The Kier molecular flexibility index (Phi) is 4.64. The number of aliphatic carboxylic acids is 1. The van der Waals surface area contributed by atoms with Gasteiger partial charge in [-0.25, -0.2) is 0 Å². The summed E-state index contributed by atoms with van der Waals surface area (Å²) in [6, 6.07) is 14.6. The average Bonchev–Trinajstić information content (AvgIpc) is 2.51. The maximum Gasteiger partial charge on any atom is 0.321 e. The first-order chi connectivity index (χ1) is 11.0. The van der Waals surface area contributed by atoms with Crippen molar-refractivity contribution in [2.45, 2.75) is 38.4 Å². The normalized spacial score (nSPS) is 23.7. The van der Waals surface area contributed by atoms with Gasteiger partial charge in [0.1, 0.15) is 6.04 Å². The lowest BCUT2D eigenvalue weighted by Crippen LogP contribution is -2.59. The van der Waals surface area contributed by atoms with Gasteiger partial charge in [0.2, 0.25) is 0 Å². The van der Waals surface area contributed by atoms with Gasteiger partial charge in [0.05, 0.1) is 0 Å². The van der Waals surface area contributed by atoms with Crippen molar-refractivity contribution in [3.05, 3.63) is 48.0 Å². The molecule has 23 heavy (non-hydrogen) atoms. The number of nitrogens with one attached hydrogen (secondary N) is 1. The molecule has 2 aromatic rings. The maximum atomic E-state index is 11.8. The summed E-state index contributed by atoms with van der Waals surface area (Å²) in [7, 11) is 0. The van der Waals surface area contributed by atoms with E-state index in [0.717, 1.165) is 24.0 Å². The number of hydrogen-bond acceptors (Lipinski definition) is 3. The zero-order valence-corrected chi connectivity index (χ0v) is 13.7. The highest BCUT2D eigenvalue weighted by atomic mass is 16.4. The molecule has 2 aromatic carbocycles. The lowest BCUT2D eigenvalue weighted by atomic mass is 9.99. The predicted molar refractivity (Wildman–Crippen MR) is 92.7 cm³/mol. The summed E-state index contributed by atoms with van der Waals surface area (Å²) >= 11 is 0. The predicted octanol–water partition coefficient (Wildman–Crippen LogP) is 2.52. The first kappa shape index (κ1) is 16.0.